The van der Waals surface area contributed by atoms with Crippen molar-refractivity contribution >= 4 is 23.1 Å². The lowest BCUT2D eigenvalue weighted by atomic mass is 10.2. The van der Waals surface area contributed by atoms with Crippen LogP contribution in [0.1, 0.15) is 0 Å². The molecule has 11 heteroatoms. The highest BCUT2D eigenvalue weighted by Gasteiger charge is 2.15. The van der Waals surface area contributed by atoms with Gasteiger partial charge in [0.2, 0.25) is 5.75 Å². The van der Waals surface area contributed by atoms with Crippen LogP contribution in [0.5, 0.6) is 17.2 Å². The molecule has 10 nitrogen and oxygen atoms in total. The highest BCUT2D eigenvalue weighted by Crippen LogP contribution is 2.39. The molecule has 0 unspecified atom stereocenters. The van der Waals surface area contributed by atoms with E-state index in [9.17, 15) is 9.59 Å². The van der Waals surface area contributed by atoms with Gasteiger partial charge in [-0.05, 0) is 11.4 Å². The normalized spacial score (nSPS) is 10.5. The first kappa shape index (κ1) is 21.2. The third kappa shape index (κ3) is 4.40. The van der Waals surface area contributed by atoms with E-state index >= 15 is 0 Å². The molecule has 0 aliphatic heterocycles. The molecule has 3 rings (SSSR count). The second-order valence-electron chi connectivity index (χ2n) is 6.16. The molecular weight excluding hydrogens is 410 g/mol. The van der Waals surface area contributed by atoms with Crippen LogP contribution in [0.25, 0.3) is 10.7 Å². The number of hydrogen-bond donors (Lipinski definition) is 2. The quantitative estimate of drug-likeness (QED) is 0.564. The molecule has 0 radical (unpaired) electrons. The van der Waals surface area contributed by atoms with E-state index in [1.165, 1.54) is 41.9 Å². The predicted octanol–water partition coefficient (Wildman–Crippen LogP) is 2.16. The van der Waals surface area contributed by atoms with E-state index < -0.39 is 6.03 Å². The van der Waals surface area contributed by atoms with Crippen LogP contribution >= 0.6 is 11.3 Å². The average molecular weight is 433 g/mol. The van der Waals surface area contributed by atoms with Crippen LogP contribution in [0.2, 0.25) is 0 Å². The van der Waals surface area contributed by atoms with Gasteiger partial charge in [0, 0.05) is 25.7 Å². The van der Waals surface area contributed by atoms with Gasteiger partial charge in [0.15, 0.2) is 17.3 Å². The molecule has 30 heavy (non-hydrogen) atoms. The largest absolute Gasteiger partial charge is 0.493 e. The third-order valence-electron chi connectivity index (χ3n) is 4.31. The summed E-state index contributed by atoms with van der Waals surface area (Å²) in [5.74, 6) is 1.88. The number of hydrogen-bond acceptors (Lipinski definition) is 7. The fourth-order valence-corrected chi connectivity index (χ4v) is 3.60. The summed E-state index contributed by atoms with van der Waals surface area (Å²) >= 11 is 1.51. The zero-order valence-corrected chi connectivity index (χ0v) is 17.9. The molecule has 0 aliphatic rings. The molecule has 2 N–H and O–H groups in total. The number of carbonyl (C=O) groups is 1. The highest BCUT2D eigenvalue weighted by molar-refractivity contribution is 7.13. The van der Waals surface area contributed by atoms with Crippen LogP contribution in [0, 0.1) is 0 Å². The topological polar surface area (TPSA) is 109 Å². The number of ether oxygens (including phenoxy) is 3. The first-order valence-electron chi connectivity index (χ1n) is 9.01. The van der Waals surface area contributed by atoms with E-state index in [0.717, 1.165) is 4.88 Å². The highest BCUT2D eigenvalue weighted by atomic mass is 32.1. The second kappa shape index (κ2) is 9.35. The maximum absolute atomic E-state index is 12.4. The summed E-state index contributed by atoms with van der Waals surface area (Å²) in [7, 11) is 6.17. The molecule has 2 amide bonds. The Kier molecular flexibility index (Phi) is 6.62. The molecule has 3 aromatic rings. The van der Waals surface area contributed by atoms with Gasteiger partial charge in [-0.2, -0.15) is 0 Å². The van der Waals surface area contributed by atoms with Crippen molar-refractivity contribution in [3.8, 4) is 28.0 Å². The number of nitrogens with zero attached hydrogens (tertiary/aromatic N) is 3. The maximum atomic E-state index is 12.4. The van der Waals surface area contributed by atoms with E-state index in [4.69, 9.17) is 14.2 Å². The molecule has 160 valence electrons. The number of thiophene rings is 1. The molecule has 0 spiro atoms. The lowest BCUT2D eigenvalue weighted by molar-refractivity contribution is 0.251. The van der Waals surface area contributed by atoms with Crippen molar-refractivity contribution in [3.05, 3.63) is 40.1 Å². The van der Waals surface area contributed by atoms with E-state index in [0.29, 0.717) is 28.8 Å². The third-order valence-corrected chi connectivity index (χ3v) is 5.18. The number of amides is 2. The Bertz CT molecular complexity index is 1050. The van der Waals surface area contributed by atoms with Gasteiger partial charge in [0.05, 0.1) is 38.4 Å². The van der Waals surface area contributed by atoms with Gasteiger partial charge in [0.25, 0.3) is 0 Å². The summed E-state index contributed by atoms with van der Waals surface area (Å²) in [4.78, 5) is 25.5. The average Bonchev–Trinajstić information content (AvgIpc) is 3.37. The summed E-state index contributed by atoms with van der Waals surface area (Å²) in [6.07, 6.45) is 0. The SMILES string of the molecule is COc1cc(NC(=O)NCCn2nc(-c3cccs3)n(C)c2=O)cc(OC)c1OC. The lowest BCUT2D eigenvalue weighted by Gasteiger charge is -2.14. The van der Waals surface area contributed by atoms with Crippen molar-refractivity contribution in [2.75, 3.05) is 33.2 Å². The molecule has 1 aromatic carbocycles. The van der Waals surface area contributed by atoms with Crippen molar-refractivity contribution in [3.63, 3.8) is 0 Å². The molecule has 2 heterocycles. The van der Waals surface area contributed by atoms with E-state index in [1.54, 1.807) is 19.2 Å². The number of benzene rings is 1. The zero-order chi connectivity index (χ0) is 21.7. The monoisotopic (exact) mass is 433 g/mol. The van der Waals surface area contributed by atoms with Crippen LogP contribution in [-0.4, -0.2) is 48.3 Å². The number of carbonyl (C=O) groups excluding carboxylic acids is 1. The maximum Gasteiger partial charge on any atom is 0.346 e. The smallest absolute Gasteiger partial charge is 0.346 e. The fourth-order valence-electron chi connectivity index (χ4n) is 2.86. The number of anilines is 1. The Hall–Kier alpha value is -3.47. The summed E-state index contributed by atoms with van der Waals surface area (Å²) in [6.45, 7) is 0.456. The van der Waals surface area contributed by atoms with Gasteiger partial charge in [-0.25, -0.2) is 14.3 Å². The van der Waals surface area contributed by atoms with E-state index in [2.05, 4.69) is 15.7 Å². The standard InChI is InChI=1S/C19H23N5O5S/c1-23-17(15-6-5-9-30-15)22-24(19(23)26)8-7-20-18(25)21-12-10-13(27-2)16(29-4)14(11-12)28-3/h5-6,9-11H,7-8H2,1-4H3,(H2,20,21,25). The molecule has 0 saturated carbocycles. The minimum absolute atomic E-state index is 0.219. The first-order valence-corrected chi connectivity index (χ1v) is 9.89. The number of aromatic nitrogens is 3. The van der Waals surface area contributed by atoms with E-state index in [1.807, 2.05) is 17.5 Å². The van der Waals surface area contributed by atoms with Crippen LogP contribution in [0.15, 0.2) is 34.4 Å². The van der Waals surface area contributed by atoms with Gasteiger partial charge in [0.1, 0.15) is 0 Å². The van der Waals surface area contributed by atoms with Crippen molar-refractivity contribution < 1.29 is 19.0 Å². The number of methoxy groups -OCH3 is 3. The molecule has 0 bridgehead atoms. The summed E-state index contributed by atoms with van der Waals surface area (Å²) in [5, 5.41) is 11.7. The van der Waals surface area contributed by atoms with E-state index in [-0.39, 0.29) is 18.8 Å². The lowest BCUT2D eigenvalue weighted by Crippen LogP contribution is -2.34. The summed E-state index contributed by atoms with van der Waals surface area (Å²) in [5.41, 5.74) is 0.224. The van der Waals surface area contributed by atoms with Crippen molar-refractivity contribution in [2.45, 2.75) is 6.54 Å². The van der Waals surface area contributed by atoms with Gasteiger partial charge in [-0.15, -0.1) is 16.4 Å². The van der Waals surface area contributed by atoms with Crippen molar-refractivity contribution in [1.82, 2.24) is 19.7 Å². The van der Waals surface area contributed by atoms with Crippen LogP contribution in [-0.2, 0) is 13.6 Å². The molecule has 0 saturated heterocycles. The molecule has 0 fully saturated rings. The van der Waals surface area contributed by atoms with Crippen LogP contribution in [0.3, 0.4) is 0 Å². The molecule has 0 aliphatic carbocycles. The Morgan fingerprint density at radius 1 is 1.17 bits per heavy atom. The minimum Gasteiger partial charge on any atom is -0.493 e. The zero-order valence-electron chi connectivity index (χ0n) is 17.1. The summed E-state index contributed by atoms with van der Waals surface area (Å²) in [6, 6.07) is 6.61. The van der Waals surface area contributed by atoms with Crippen molar-refractivity contribution in [1.29, 1.82) is 0 Å². The predicted molar refractivity (Wildman–Crippen MR) is 114 cm³/mol. The Balaban J connectivity index is 1.62. The van der Waals surface area contributed by atoms with Crippen LogP contribution < -0.4 is 30.5 Å². The van der Waals surface area contributed by atoms with Gasteiger partial charge < -0.3 is 24.8 Å². The molecule has 2 aromatic heterocycles. The Morgan fingerprint density at radius 2 is 1.87 bits per heavy atom. The Labute approximate surface area is 177 Å². The molecule has 0 atom stereocenters. The number of urea groups is 1. The van der Waals surface area contributed by atoms with Gasteiger partial charge in [-0.3, -0.25) is 4.57 Å². The second-order valence-corrected chi connectivity index (χ2v) is 7.11. The van der Waals surface area contributed by atoms with Gasteiger partial charge >= 0.3 is 11.7 Å². The Morgan fingerprint density at radius 3 is 2.43 bits per heavy atom. The van der Waals surface area contributed by atoms with Crippen molar-refractivity contribution in [2.24, 2.45) is 7.05 Å². The first-order chi connectivity index (χ1) is 14.5. The number of rotatable bonds is 8. The van der Waals surface area contributed by atoms with Crippen LogP contribution in [0.4, 0.5) is 10.5 Å². The minimum atomic E-state index is -0.438. The number of nitrogens with one attached hydrogen (secondary N) is 2. The summed E-state index contributed by atoms with van der Waals surface area (Å²) < 4.78 is 18.6. The molecular formula is C19H23N5O5S. The van der Waals surface area contributed by atoms with Gasteiger partial charge in [-0.1, -0.05) is 6.07 Å². The fraction of sp³-hybridized carbons (Fsp3) is 0.316.